The number of aromatic nitrogens is 1. The summed E-state index contributed by atoms with van der Waals surface area (Å²) < 4.78 is 25.2. The van der Waals surface area contributed by atoms with E-state index in [1.54, 1.807) is 11.0 Å². The molecule has 1 aromatic carbocycles. The molecule has 1 fully saturated rings. The van der Waals surface area contributed by atoms with Crippen molar-refractivity contribution in [2.45, 2.75) is 38.3 Å². The number of hydrogen-bond acceptors (Lipinski definition) is 6. The summed E-state index contributed by atoms with van der Waals surface area (Å²) in [5.74, 6) is 1.07. The topological polar surface area (TPSA) is 84.0 Å². The Morgan fingerprint density at radius 1 is 1.24 bits per heavy atom. The molecule has 0 spiro atoms. The van der Waals surface area contributed by atoms with Crippen LogP contribution in [0.15, 0.2) is 59.5 Å². The minimum Gasteiger partial charge on any atom is -0.487 e. The summed E-state index contributed by atoms with van der Waals surface area (Å²) in [6.45, 7) is 3.85. The van der Waals surface area contributed by atoms with Crippen LogP contribution in [0, 0.1) is 5.92 Å². The summed E-state index contributed by atoms with van der Waals surface area (Å²) in [7, 11) is 1.42. The van der Waals surface area contributed by atoms with Gasteiger partial charge < -0.3 is 19.7 Å². The van der Waals surface area contributed by atoms with Crippen LogP contribution in [0.4, 0.5) is 20.7 Å². The van der Waals surface area contributed by atoms with Gasteiger partial charge in [-0.25, -0.2) is 14.2 Å². The molecule has 3 atom stereocenters. The third-order valence-electron chi connectivity index (χ3n) is 7.09. The van der Waals surface area contributed by atoms with E-state index in [1.807, 2.05) is 43.5 Å². The fourth-order valence-electron chi connectivity index (χ4n) is 5.07. The molecule has 1 aromatic heterocycles. The van der Waals surface area contributed by atoms with E-state index in [2.05, 4.69) is 15.2 Å². The number of esters is 1. The minimum atomic E-state index is -0.748. The summed E-state index contributed by atoms with van der Waals surface area (Å²) in [6, 6.07) is 8.50. The van der Waals surface area contributed by atoms with Gasteiger partial charge in [0.15, 0.2) is 0 Å². The smallest absolute Gasteiger partial charge is 0.322 e. The number of hydrogen-bond donors (Lipinski definition) is 1. The highest BCUT2D eigenvalue weighted by molar-refractivity contribution is 6.31. The lowest BCUT2D eigenvalue weighted by Gasteiger charge is -2.34. The van der Waals surface area contributed by atoms with Crippen LogP contribution < -0.4 is 19.9 Å². The number of carbonyl (C=O) groups is 2. The van der Waals surface area contributed by atoms with Gasteiger partial charge in [-0.2, -0.15) is 0 Å². The quantitative estimate of drug-likeness (QED) is 0.526. The van der Waals surface area contributed by atoms with Gasteiger partial charge in [-0.05, 0) is 61.6 Å². The Bertz CT molecular complexity index is 1280. The van der Waals surface area contributed by atoms with Crippen molar-refractivity contribution < 1.29 is 23.5 Å². The third kappa shape index (κ3) is 5.62. The van der Waals surface area contributed by atoms with E-state index in [0.717, 1.165) is 36.5 Å². The van der Waals surface area contributed by atoms with Crippen LogP contribution in [-0.2, 0) is 9.53 Å². The third-order valence-corrected chi connectivity index (χ3v) is 7.36. The average molecular weight is 541 g/mol. The van der Waals surface area contributed by atoms with E-state index in [4.69, 9.17) is 21.1 Å². The van der Waals surface area contributed by atoms with Crippen molar-refractivity contribution in [2.75, 3.05) is 36.5 Å². The number of carbonyl (C=O) groups excluding carboxylic acids is 2. The molecule has 200 valence electrons. The summed E-state index contributed by atoms with van der Waals surface area (Å²) >= 11 is 5.87. The lowest BCUT2D eigenvalue weighted by atomic mass is 10.0. The molecule has 0 bridgehead atoms. The number of halogens is 2. The number of methoxy groups -OCH3 is 1. The van der Waals surface area contributed by atoms with Gasteiger partial charge in [0, 0.05) is 29.9 Å². The molecule has 1 N–H and O–H groups in total. The van der Waals surface area contributed by atoms with Crippen molar-refractivity contribution in [1.82, 2.24) is 10.3 Å². The van der Waals surface area contributed by atoms with Crippen LogP contribution in [0.1, 0.15) is 26.2 Å². The normalized spacial score (nSPS) is 22.7. The first-order valence-electron chi connectivity index (χ1n) is 12.7. The number of nitrogens with zero attached hydrogens (tertiary/aromatic N) is 3. The van der Waals surface area contributed by atoms with Crippen LogP contribution in [0.25, 0.3) is 11.1 Å². The predicted octanol–water partition coefficient (Wildman–Crippen LogP) is 5.18. The van der Waals surface area contributed by atoms with Crippen molar-refractivity contribution in [3.8, 4) is 16.9 Å². The van der Waals surface area contributed by atoms with Gasteiger partial charge in [-0.3, -0.25) is 9.69 Å². The summed E-state index contributed by atoms with van der Waals surface area (Å²) in [5.41, 5.74) is 2.44. The zero-order valence-electron chi connectivity index (χ0n) is 21.3. The second-order valence-electron chi connectivity index (χ2n) is 9.86. The highest BCUT2D eigenvalue weighted by Crippen LogP contribution is 2.38. The Morgan fingerprint density at radius 2 is 2.05 bits per heavy atom. The summed E-state index contributed by atoms with van der Waals surface area (Å²) in [5, 5.41) is 3.09. The maximum atomic E-state index is 14.3. The van der Waals surface area contributed by atoms with E-state index in [9.17, 15) is 14.0 Å². The highest BCUT2D eigenvalue weighted by Gasteiger charge is 2.31. The molecule has 38 heavy (non-hydrogen) atoms. The zero-order valence-corrected chi connectivity index (χ0v) is 22.1. The molecule has 3 unspecified atom stereocenters. The molecule has 0 saturated carbocycles. The number of ether oxygens (including phenoxy) is 2. The fourth-order valence-corrected chi connectivity index (χ4v) is 5.27. The van der Waals surface area contributed by atoms with Gasteiger partial charge in [0.05, 0.1) is 31.8 Å². The monoisotopic (exact) mass is 540 g/mol. The predicted molar refractivity (Wildman–Crippen MR) is 144 cm³/mol. The summed E-state index contributed by atoms with van der Waals surface area (Å²) in [6.07, 6.45) is 6.13. The number of rotatable bonds is 5. The van der Waals surface area contributed by atoms with E-state index < -0.39 is 17.9 Å². The average Bonchev–Trinajstić information content (AvgIpc) is 3.37. The second-order valence-corrected chi connectivity index (χ2v) is 10.3. The number of benzene rings is 1. The molecule has 2 aromatic rings. The number of fused-ring (bicyclic) bond motifs is 1. The van der Waals surface area contributed by atoms with Crippen LogP contribution in [0.3, 0.4) is 0 Å². The van der Waals surface area contributed by atoms with Crippen LogP contribution in [0.5, 0.6) is 5.75 Å². The Kier molecular flexibility index (Phi) is 7.56. The first kappa shape index (κ1) is 26.0. The molecule has 0 radical (unpaired) electrons. The maximum absolute atomic E-state index is 14.3. The van der Waals surface area contributed by atoms with Crippen LogP contribution >= 0.6 is 11.6 Å². The molecule has 1 aliphatic carbocycles. The fraction of sp³-hybridized carbons (Fsp3) is 0.393. The molecule has 2 aliphatic heterocycles. The van der Waals surface area contributed by atoms with E-state index in [0.29, 0.717) is 35.9 Å². The molecular weight excluding hydrogens is 511 g/mol. The van der Waals surface area contributed by atoms with Crippen molar-refractivity contribution in [1.29, 1.82) is 0 Å². The largest absolute Gasteiger partial charge is 0.487 e. The molecular formula is C28H30ClFN4O4. The van der Waals surface area contributed by atoms with Gasteiger partial charge in [0.2, 0.25) is 0 Å². The van der Waals surface area contributed by atoms with Crippen LogP contribution in [0.2, 0.25) is 0 Å². The number of urea groups is 1. The summed E-state index contributed by atoms with van der Waals surface area (Å²) in [4.78, 5) is 33.1. The SMILES string of the molecule is COC(=O)CC1CCN(c2ccc(-c3ccc4c(c3)OC(C)CN4C(=O)NC3CC=C(Cl)C=C3F)cn2)C1. The molecule has 3 heterocycles. The van der Waals surface area contributed by atoms with Crippen molar-refractivity contribution in [2.24, 2.45) is 5.92 Å². The Morgan fingerprint density at radius 3 is 2.79 bits per heavy atom. The van der Waals surface area contributed by atoms with Crippen molar-refractivity contribution in [3.63, 3.8) is 0 Å². The number of amides is 2. The molecule has 3 aliphatic rings. The highest BCUT2D eigenvalue weighted by atomic mass is 35.5. The van der Waals surface area contributed by atoms with Crippen molar-refractivity contribution >= 4 is 35.1 Å². The lowest BCUT2D eigenvalue weighted by Crippen LogP contribution is -2.50. The van der Waals surface area contributed by atoms with E-state index in [1.165, 1.54) is 13.2 Å². The van der Waals surface area contributed by atoms with Gasteiger partial charge in [-0.1, -0.05) is 23.7 Å². The molecule has 2 amide bonds. The van der Waals surface area contributed by atoms with Gasteiger partial charge >= 0.3 is 12.0 Å². The van der Waals surface area contributed by atoms with Crippen molar-refractivity contribution in [3.05, 3.63) is 59.5 Å². The zero-order chi connectivity index (χ0) is 26.8. The van der Waals surface area contributed by atoms with E-state index in [-0.39, 0.29) is 18.0 Å². The van der Waals surface area contributed by atoms with Gasteiger partial charge in [0.1, 0.15) is 23.5 Å². The number of pyridine rings is 1. The van der Waals surface area contributed by atoms with Gasteiger partial charge in [0.25, 0.3) is 0 Å². The maximum Gasteiger partial charge on any atom is 0.322 e. The Balaban J connectivity index is 1.28. The number of allylic oxidation sites excluding steroid dienone is 2. The number of nitrogens with one attached hydrogen (secondary N) is 1. The van der Waals surface area contributed by atoms with Gasteiger partial charge in [-0.15, -0.1) is 0 Å². The first-order chi connectivity index (χ1) is 18.3. The minimum absolute atomic E-state index is 0.180. The Labute approximate surface area is 226 Å². The molecule has 8 nitrogen and oxygen atoms in total. The lowest BCUT2D eigenvalue weighted by molar-refractivity contribution is -0.141. The molecule has 1 saturated heterocycles. The standard InChI is InChI=1S/C28H30ClFN4O4/c1-17-15-34(28(36)32-23-6-5-21(29)13-22(23)30)24-7-3-19(12-25(24)38-17)20-4-8-26(31-14-20)33-10-9-18(16-33)11-27(35)37-2/h3-5,7-8,12-14,17-18,23H,6,9-11,15-16H2,1-2H3,(H,32,36). The number of anilines is 2. The van der Waals surface area contributed by atoms with E-state index >= 15 is 0 Å². The first-order valence-corrected chi connectivity index (χ1v) is 13.1. The Hall–Kier alpha value is -3.59. The molecule has 10 heteroatoms. The molecule has 5 rings (SSSR count). The van der Waals surface area contributed by atoms with Crippen LogP contribution in [-0.4, -0.2) is 55.9 Å². The second kappa shape index (κ2) is 11.0.